The first-order chi connectivity index (χ1) is 9.21. The summed E-state index contributed by atoms with van der Waals surface area (Å²) in [5, 5.41) is 0. The zero-order chi connectivity index (χ0) is 18.4. The molecule has 0 heterocycles. The molecule has 0 fully saturated rings. The van der Waals surface area contributed by atoms with Crippen LogP contribution in [0.15, 0.2) is 0 Å². The van der Waals surface area contributed by atoms with Gasteiger partial charge in [0.05, 0.1) is 0 Å². The third kappa shape index (κ3) is 3.48. The Balaban J connectivity index is 5.51. The molecule has 0 N–H and O–H groups in total. The summed E-state index contributed by atoms with van der Waals surface area (Å²) in [7, 11) is 0. The van der Waals surface area contributed by atoms with Gasteiger partial charge in [-0.15, -0.1) is 0 Å². The lowest BCUT2D eigenvalue weighted by molar-refractivity contribution is -0.445. The van der Waals surface area contributed by atoms with E-state index in [9.17, 15) is 61.5 Å². The Bertz CT molecular complexity index is 371. The highest BCUT2D eigenvalue weighted by Gasteiger charge is 2.78. The molecule has 134 valence electrons. The van der Waals surface area contributed by atoms with Crippen LogP contribution in [0, 0.1) is 0 Å². The van der Waals surface area contributed by atoms with Crippen LogP contribution in [0.25, 0.3) is 0 Å². The summed E-state index contributed by atoms with van der Waals surface area (Å²) < 4.78 is 170. The molecule has 15 heteroatoms. The zero-order valence-corrected chi connectivity index (χ0v) is 9.41. The smallest absolute Gasteiger partial charge is 0.325 e. The van der Waals surface area contributed by atoms with Gasteiger partial charge >= 0.3 is 36.2 Å². The number of alkyl halides is 14. The maximum Gasteiger partial charge on any atom is 0.459 e. The number of halogens is 14. The van der Waals surface area contributed by atoms with E-state index in [4.69, 9.17) is 0 Å². The Hall–Kier alpha value is -1.02. The molecule has 0 saturated carbocycles. The number of rotatable bonds is 4. The molecule has 0 aliphatic rings. The molecule has 0 aromatic rings. The summed E-state index contributed by atoms with van der Waals surface area (Å²) in [6.07, 6.45) is -21.2. The number of hydrogen-bond acceptors (Lipinski definition) is 1. The molecule has 0 spiro atoms. The van der Waals surface area contributed by atoms with Crippen LogP contribution in [0.1, 0.15) is 0 Å². The van der Waals surface area contributed by atoms with Crippen LogP contribution in [0.2, 0.25) is 0 Å². The van der Waals surface area contributed by atoms with Crippen molar-refractivity contribution in [2.45, 2.75) is 36.2 Å². The molecule has 0 rings (SSSR count). The average Bonchev–Trinajstić information content (AvgIpc) is 2.20. The fraction of sp³-hybridized carbons (Fsp3) is 1.00. The van der Waals surface area contributed by atoms with Crippen LogP contribution in [-0.4, -0.2) is 42.8 Å². The third-order valence-electron chi connectivity index (χ3n) is 2.00. The lowest BCUT2D eigenvalue weighted by atomic mass is 10.1. The maximum atomic E-state index is 12.7. The Labute approximate surface area is 110 Å². The van der Waals surface area contributed by atoms with E-state index in [1.807, 2.05) is 0 Å². The first kappa shape index (κ1) is 21.0. The summed E-state index contributed by atoms with van der Waals surface area (Å²) in [5.74, 6) is -20.5. The monoisotopic (exact) mass is 368 g/mol. The summed E-state index contributed by atoms with van der Waals surface area (Å²) in [5.41, 5.74) is 0. The molecule has 0 unspecified atom stereocenters. The van der Waals surface area contributed by atoms with E-state index in [0.29, 0.717) is 0 Å². The summed E-state index contributed by atoms with van der Waals surface area (Å²) >= 11 is 0. The SMILES string of the molecule is FC(F)(F)C(F)(F)C(F)(F)COC(F)(C(F)(F)F)C(F)(F)F. The second-order valence-corrected chi connectivity index (χ2v) is 3.66. The molecule has 0 aliphatic carbocycles. The van der Waals surface area contributed by atoms with Crippen LogP contribution < -0.4 is 0 Å². The van der Waals surface area contributed by atoms with Crippen LogP contribution in [0.3, 0.4) is 0 Å². The van der Waals surface area contributed by atoms with Crippen molar-refractivity contribution in [2.24, 2.45) is 0 Å². The van der Waals surface area contributed by atoms with Crippen molar-refractivity contribution < 1.29 is 66.2 Å². The van der Waals surface area contributed by atoms with Crippen molar-refractivity contribution >= 4 is 0 Å². The molecular weight excluding hydrogens is 366 g/mol. The van der Waals surface area contributed by atoms with E-state index < -0.39 is 42.8 Å². The van der Waals surface area contributed by atoms with E-state index in [1.54, 1.807) is 0 Å². The van der Waals surface area contributed by atoms with Gasteiger partial charge in [0.15, 0.2) is 0 Å². The molecule has 0 aliphatic heterocycles. The van der Waals surface area contributed by atoms with Crippen molar-refractivity contribution in [3.05, 3.63) is 0 Å². The first-order valence-electron chi connectivity index (χ1n) is 4.49. The first-order valence-corrected chi connectivity index (χ1v) is 4.49. The van der Waals surface area contributed by atoms with Gasteiger partial charge in [-0.05, 0) is 0 Å². The second-order valence-electron chi connectivity index (χ2n) is 3.66. The van der Waals surface area contributed by atoms with Crippen LogP contribution in [-0.2, 0) is 4.74 Å². The van der Waals surface area contributed by atoms with Gasteiger partial charge in [-0.25, -0.2) is 0 Å². The Morgan fingerprint density at radius 2 is 0.818 bits per heavy atom. The van der Waals surface area contributed by atoms with E-state index >= 15 is 0 Å². The van der Waals surface area contributed by atoms with Gasteiger partial charge in [-0.1, -0.05) is 0 Å². The average molecular weight is 368 g/mol. The quantitative estimate of drug-likeness (QED) is 0.658. The highest BCUT2D eigenvalue weighted by Crippen LogP contribution is 2.50. The highest BCUT2D eigenvalue weighted by molar-refractivity contribution is 4.93. The predicted molar refractivity (Wildman–Crippen MR) is 37.8 cm³/mol. The van der Waals surface area contributed by atoms with Crippen molar-refractivity contribution in [3.8, 4) is 0 Å². The number of ether oxygens (including phenoxy) is 1. The van der Waals surface area contributed by atoms with Gasteiger partial charge < -0.3 is 4.74 Å². The molecular formula is C7H2F14O. The third-order valence-corrected chi connectivity index (χ3v) is 2.00. The Morgan fingerprint density at radius 3 is 1.05 bits per heavy atom. The van der Waals surface area contributed by atoms with Gasteiger partial charge in [0.1, 0.15) is 6.61 Å². The van der Waals surface area contributed by atoms with Crippen molar-refractivity contribution in [3.63, 3.8) is 0 Å². The van der Waals surface area contributed by atoms with Gasteiger partial charge in [0.2, 0.25) is 0 Å². The molecule has 1 nitrogen and oxygen atoms in total. The van der Waals surface area contributed by atoms with Gasteiger partial charge in [-0.2, -0.15) is 61.5 Å². The van der Waals surface area contributed by atoms with Crippen molar-refractivity contribution in [1.29, 1.82) is 0 Å². The van der Waals surface area contributed by atoms with Crippen LogP contribution >= 0.6 is 0 Å². The minimum Gasteiger partial charge on any atom is -0.325 e. The minimum atomic E-state index is -7.06. The minimum absolute atomic E-state index is 2.06. The molecule has 0 aromatic carbocycles. The summed E-state index contributed by atoms with van der Waals surface area (Å²) in [4.78, 5) is 0. The Kier molecular flexibility index (Phi) is 5.02. The lowest BCUT2D eigenvalue weighted by Crippen LogP contribution is -2.60. The molecule has 0 bridgehead atoms. The molecule has 22 heavy (non-hydrogen) atoms. The molecule has 0 aromatic heterocycles. The van der Waals surface area contributed by atoms with Crippen molar-refractivity contribution in [1.82, 2.24) is 0 Å². The van der Waals surface area contributed by atoms with E-state index in [0.717, 1.165) is 0 Å². The molecule has 0 atom stereocenters. The van der Waals surface area contributed by atoms with E-state index in [2.05, 4.69) is 4.74 Å². The zero-order valence-electron chi connectivity index (χ0n) is 9.41. The summed E-state index contributed by atoms with van der Waals surface area (Å²) in [6, 6.07) is 0. The maximum absolute atomic E-state index is 12.7. The topological polar surface area (TPSA) is 9.23 Å². The molecule has 0 radical (unpaired) electrons. The summed E-state index contributed by atoms with van der Waals surface area (Å²) in [6.45, 7) is -3.84. The van der Waals surface area contributed by atoms with E-state index in [-0.39, 0.29) is 0 Å². The molecule has 0 amide bonds. The standard InChI is InChI=1S/C7H2F14O/c8-2(9,3(10,11)5(13,14)15)1-22-4(12,6(16,17)18)7(19,20)21/h1H2. The van der Waals surface area contributed by atoms with Gasteiger partial charge in [0.25, 0.3) is 0 Å². The molecule has 0 saturated heterocycles. The fourth-order valence-electron chi connectivity index (χ4n) is 0.812. The second kappa shape index (κ2) is 5.26. The lowest BCUT2D eigenvalue weighted by Gasteiger charge is -2.33. The van der Waals surface area contributed by atoms with E-state index in [1.165, 1.54) is 0 Å². The predicted octanol–water partition coefficient (Wildman–Crippen LogP) is 4.63. The number of hydrogen-bond donors (Lipinski definition) is 0. The van der Waals surface area contributed by atoms with Crippen molar-refractivity contribution in [2.75, 3.05) is 6.61 Å². The highest BCUT2D eigenvalue weighted by atomic mass is 19.4. The fourth-order valence-corrected chi connectivity index (χ4v) is 0.812. The van der Waals surface area contributed by atoms with Gasteiger partial charge in [0, 0.05) is 0 Å². The van der Waals surface area contributed by atoms with Gasteiger partial charge in [-0.3, -0.25) is 0 Å². The van der Waals surface area contributed by atoms with Crippen LogP contribution in [0.4, 0.5) is 61.5 Å². The normalized spacial score (nSPS) is 16.1. The Morgan fingerprint density at radius 1 is 0.500 bits per heavy atom. The van der Waals surface area contributed by atoms with Crippen LogP contribution in [0.5, 0.6) is 0 Å². The largest absolute Gasteiger partial charge is 0.459 e.